The molecule has 0 spiro atoms. The molecule has 4 heterocycles. The zero-order valence-electron chi connectivity index (χ0n) is 40.3. The standard InChI is InChI=1S/C61H61BN2O/c1-36-29-37(2)53(38(3)30-36)40-31-46-47-34-42(59(7,8)9)35-48-55(47)64(61(11)28-18-17-27-60(48,61)10)62-49-25-24-44-43-21-15-16-22-52(43)65-57(44)56(49)63(51(32-40)54(46)62)50-26-23-41(58(4,5)6)33-45(50)39-19-13-12-14-20-39/h12-16,19-26,29-35H,17-18,27-28H2,1-11H3. The summed E-state index contributed by atoms with van der Waals surface area (Å²) in [5.41, 5.74) is 25.4. The maximum Gasteiger partial charge on any atom is 0.329 e. The summed E-state index contributed by atoms with van der Waals surface area (Å²) in [7, 11) is 0. The Hall–Kier alpha value is -6.00. The Bertz CT molecular complexity index is 3300. The molecule has 0 saturated heterocycles. The maximum atomic E-state index is 7.24. The van der Waals surface area contributed by atoms with Crippen molar-refractivity contribution in [3.8, 4) is 33.4 Å². The maximum absolute atomic E-state index is 7.24. The third-order valence-corrected chi connectivity index (χ3v) is 16.6. The number of furan rings is 1. The number of aryl methyl sites for hydroxylation is 3. The van der Waals surface area contributed by atoms with Gasteiger partial charge in [-0.25, -0.2) is 0 Å². The van der Waals surface area contributed by atoms with Crippen molar-refractivity contribution in [2.75, 3.05) is 9.71 Å². The van der Waals surface area contributed by atoms with E-state index in [1.807, 2.05) is 0 Å². The fourth-order valence-corrected chi connectivity index (χ4v) is 13.1. The first-order valence-corrected chi connectivity index (χ1v) is 24.2. The molecule has 0 radical (unpaired) electrons. The van der Waals surface area contributed by atoms with Gasteiger partial charge >= 0.3 is 6.85 Å². The molecule has 7 aromatic carbocycles. The molecule has 4 heteroatoms. The molecule has 0 bridgehead atoms. The summed E-state index contributed by atoms with van der Waals surface area (Å²) >= 11 is 0. The molecule has 3 aliphatic heterocycles. The van der Waals surface area contributed by atoms with Crippen LogP contribution in [-0.4, -0.2) is 12.4 Å². The van der Waals surface area contributed by atoms with Gasteiger partial charge in [0, 0.05) is 44.2 Å². The topological polar surface area (TPSA) is 19.6 Å². The van der Waals surface area contributed by atoms with Crippen LogP contribution >= 0.6 is 0 Å². The second-order valence-electron chi connectivity index (χ2n) is 22.6. The molecule has 3 nitrogen and oxygen atoms in total. The highest BCUT2D eigenvalue weighted by Crippen LogP contribution is 2.64. The molecule has 4 aliphatic rings. The van der Waals surface area contributed by atoms with Gasteiger partial charge in [-0.05, 0) is 149 Å². The highest BCUT2D eigenvalue weighted by atomic mass is 16.3. The minimum Gasteiger partial charge on any atom is -0.454 e. The van der Waals surface area contributed by atoms with E-state index >= 15 is 0 Å². The quantitative estimate of drug-likeness (QED) is 0.165. The lowest BCUT2D eigenvalue weighted by molar-refractivity contribution is 0.199. The third-order valence-electron chi connectivity index (χ3n) is 16.6. The summed E-state index contributed by atoms with van der Waals surface area (Å²) in [5.74, 6) is 0. The van der Waals surface area contributed by atoms with E-state index in [4.69, 9.17) is 4.42 Å². The molecular weight excluding hydrogens is 787 g/mol. The zero-order valence-corrected chi connectivity index (χ0v) is 40.3. The van der Waals surface area contributed by atoms with Crippen LogP contribution < -0.4 is 20.6 Å². The number of benzene rings is 7. The highest BCUT2D eigenvalue weighted by molar-refractivity contribution is 6.93. The van der Waals surface area contributed by atoms with Crippen LogP contribution in [0.2, 0.25) is 0 Å². The van der Waals surface area contributed by atoms with Crippen molar-refractivity contribution >= 4 is 62.5 Å². The van der Waals surface area contributed by atoms with Crippen LogP contribution in [0.25, 0.3) is 55.3 Å². The molecule has 1 aromatic heterocycles. The van der Waals surface area contributed by atoms with Crippen molar-refractivity contribution < 1.29 is 4.42 Å². The summed E-state index contributed by atoms with van der Waals surface area (Å²) < 4.78 is 7.24. The summed E-state index contributed by atoms with van der Waals surface area (Å²) in [6, 6.07) is 46.9. The Morgan fingerprint density at radius 3 is 2.02 bits per heavy atom. The van der Waals surface area contributed by atoms with Crippen LogP contribution in [0.3, 0.4) is 0 Å². The van der Waals surface area contributed by atoms with Gasteiger partial charge in [0.25, 0.3) is 0 Å². The van der Waals surface area contributed by atoms with E-state index in [0.29, 0.717) is 0 Å². The second kappa shape index (κ2) is 13.5. The average Bonchev–Trinajstić information content (AvgIpc) is 3.74. The van der Waals surface area contributed by atoms with E-state index in [0.717, 1.165) is 34.0 Å². The smallest absolute Gasteiger partial charge is 0.329 e. The molecule has 0 amide bonds. The predicted molar refractivity (Wildman–Crippen MR) is 278 cm³/mol. The minimum atomic E-state index is -0.104. The van der Waals surface area contributed by atoms with E-state index in [1.54, 1.807) is 5.56 Å². The SMILES string of the molecule is Cc1cc(C)c(-c2cc3c4c(c2)N(c2ccc(C(C)(C)C)cc2-c2ccccc2)c2c(ccc5c2oc2ccccc25)B4N2c4c-3cc(C(C)(C)C)cc4C3(C)CCCCC23C)c(C)c1. The Morgan fingerprint density at radius 2 is 1.28 bits per heavy atom. The summed E-state index contributed by atoms with van der Waals surface area (Å²) in [5, 5.41) is 2.31. The molecule has 1 saturated carbocycles. The number of hydrogen-bond acceptors (Lipinski definition) is 3. The van der Waals surface area contributed by atoms with Gasteiger partial charge in [0.05, 0.1) is 11.4 Å². The van der Waals surface area contributed by atoms with Crippen molar-refractivity contribution in [1.82, 2.24) is 0 Å². The molecule has 2 atom stereocenters. The molecule has 2 unspecified atom stereocenters. The Labute approximate surface area is 386 Å². The number of para-hydroxylation sites is 1. The van der Waals surface area contributed by atoms with Crippen LogP contribution in [-0.2, 0) is 16.2 Å². The summed E-state index contributed by atoms with van der Waals surface area (Å²) in [6.07, 6.45) is 4.83. The molecule has 1 aliphatic carbocycles. The third kappa shape index (κ3) is 5.55. The van der Waals surface area contributed by atoms with Gasteiger partial charge in [-0.2, -0.15) is 0 Å². The van der Waals surface area contributed by atoms with Crippen LogP contribution in [0.1, 0.15) is 114 Å². The number of rotatable bonds is 3. The minimum absolute atomic E-state index is 0.0181. The van der Waals surface area contributed by atoms with Gasteiger partial charge in [0.15, 0.2) is 5.58 Å². The number of anilines is 4. The van der Waals surface area contributed by atoms with Gasteiger partial charge in [0.2, 0.25) is 0 Å². The van der Waals surface area contributed by atoms with Crippen molar-refractivity contribution in [2.45, 2.75) is 124 Å². The Morgan fingerprint density at radius 1 is 0.585 bits per heavy atom. The van der Waals surface area contributed by atoms with Gasteiger partial charge < -0.3 is 14.1 Å². The number of fused-ring (bicyclic) bond motifs is 11. The van der Waals surface area contributed by atoms with Crippen LogP contribution in [0.5, 0.6) is 0 Å². The first-order valence-electron chi connectivity index (χ1n) is 24.2. The van der Waals surface area contributed by atoms with Gasteiger partial charge in [0.1, 0.15) is 5.58 Å². The van der Waals surface area contributed by atoms with Crippen LogP contribution in [0, 0.1) is 20.8 Å². The molecule has 12 rings (SSSR count). The first-order chi connectivity index (χ1) is 31.0. The highest BCUT2D eigenvalue weighted by Gasteiger charge is 2.63. The van der Waals surface area contributed by atoms with Gasteiger partial charge in [-0.1, -0.05) is 152 Å². The molecule has 324 valence electrons. The first kappa shape index (κ1) is 40.5. The van der Waals surface area contributed by atoms with E-state index in [-0.39, 0.29) is 28.6 Å². The fraction of sp³-hybridized carbons (Fsp3) is 0.311. The Kier molecular flexibility index (Phi) is 8.44. The normalized spacial score (nSPS) is 19.7. The number of hydrogen-bond donors (Lipinski definition) is 0. The number of nitrogens with zero attached hydrogens (tertiary/aromatic N) is 2. The van der Waals surface area contributed by atoms with Crippen molar-refractivity contribution in [1.29, 1.82) is 0 Å². The average molecular weight is 849 g/mol. The lowest BCUT2D eigenvalue weighted by Crippen LogP contribution is -2.70. The van der Waals surface area contributed by atoms with Crippen molar-refractivity contribution in [2.24, 2.45) is 0 Å². The van der Waals surface area contributed by atoms with E-state index in [1.165, 1.54) is 108 Å². The van der Waals surface area contributed by atoms with E-state index < -0.39 is 0 Å². The van der Waals surface area contributed by atoms with E-state index in [2.05, 4.69) is 207 Å². The monoisotopic (exact) mass is 848 g/mol. The summed E-state index contributed by atoms with van der Waals surface area (Å²) in [6.45, 7) is 26.2. The molecule has 8 aromatic rings. The van der Waals surface area contributed by atoms with Crippen molar-refractivity contribution in [3.63, 3.8) is 0 Å². The molecule has 1 fully saturated rings. The van der Waals surface area contributed by atoms with Crippen molar-refractivity contribution in [3.05, 3.63) is 155 Å². The molecule has 65 heavy (non-hydrogen) atoms. The summed E-state index contributed by atoms with van der Waals surface area (Å²) in [4.78, 5) is 5.60. The zero-order chi connectivity index (χ0) is 45.1. The van der Waals surface area contributed by atoms with E-state index in [9.17, 15) is 0 Å². The van der Waals surface area contributed by atoms with Gasteiger partial charge in [-0.15, -0.1) is 0 Å². The van der Waals surface area contributed by atoms with Crippen LogP contribution in [0.15, 0.2) is 126 Å². The lowest BCUT2D eigenvalue weighted by Gasteiger charge is -2.55. The van der Waals surface area contributed by atoms with Gasteiger partial charge in [-0.3, -0.25) is 0 Å². The largest absolute Gasteiger partial charge is 0.454 e. The second-order valence-corrected chi connectivity index (χ2v) is 22.6. The molecule has 0 N–H and O–H groups in total. The predicted octanol–water partition coefficient (Wildman–Crippen LogP) is 15.4. The molecular formula is C61H61BN2O. The Balaban J connectivity index is 1.29. The lowest BCUT2D eigenvalue weighted by atomic mass is 9.42. The fourth-order valence-electron chi connectivity index (χ4n) is 13.1. The van der Waals surface area contributed by atoms with Crippen LogP contribution in [0.4, 0.5) is 22.7 Å².